The maximum Gasteiger partial charge on any atom is 0.123 e. The molecule has 0 atom stereocenters. The first-order chi connectivity index (χ1) is 7.66. The normalized spacial score (nSPS) is 10.4. The average molecular weight is 300 g/mol. The quantitative estimate of drug-likeness (QED) is 0.875. The highest BCUT2D eigenvalue weighted by molar-refractivity contribution is 9.10. The molecular weight excluding hydrogens is 289 g/mol. The van der Waals surface area contributed by atoms with Crippen LogP contribution in [0.3, 0.4) is 0 Å². The molecule has 0 saturated heterocycles. The van der Waals surface area contributed by atoms with E-state index >= 15 is 0 Å². The second kappa shape index (κ2) is 4.97. The molecule has 2 aromatic rings. The number of benzene rings is 1. The fraction of sp³-hybridized carbons (Fsp3) is 0.167. The molecule has 84 valence electrons. The van der Waals surface area contributed by atoms with Crippen LogP contribution in [0.2, 0.25) is 0 Å². The Morgan fingerprint density at radius 1 is 1.38 bits per heavy atom. The van der Waals surface area contributed by atoms with Crippen molar-refractivity contribution < 1.29 is 4.39 Å². The number of hydrogen-bond donors (Lipinski definition) is 1. The molecule has 1 aromatic carbocycles. The Balaban J connectivity index is 2.08. The standard InChI is InChI=1S/C12H11BrFNS/c1-8-6-9(14)2-3-11(8)15-7-12-10(13)4-5-16-12/h2-6,15H,7H2,1H3. The zero-order valence-electron chi connectivity index (χ0n) is 8.76. The lowest BCUT2D eigenvalue weighted by molar-refractivity contribution is 0.627. The Labute approximate surface area is 106 Å². The van der Waals surface area contributed by atoms with E-state index in [-0.39, 0.29) is 5.82 Å². The topological polar surface area (TPSA) is 12.0 Å². The Morgan fingerprint density at radius 2 is 2.19 bits per heavy atom. The molecule has 0 spiro atoms. The van der Waals surface area contributed by atoms with Crippen LogP contribution >= 0.6 is 27.3 Å². The predicted octanol–water partition coefficient (Wildman–Crippen LogP) is 4.57. The van der Waals surface area contributed by atoms with Gasteiger partial charge < -0.3 is 5.32 Å². The summed E-state index contributed by atoms with van der Waals surface area (Å²) in [7, 11) is 0. The summed E-state index contributed by atoms with van der Waals surface area (Å²) < 4.78 is 14.0. The number of aryl methyl sites for hydroxylation is 1. The largest absolute Gasteiger partial charge is 0.380 e. The van der Waals surface area contributed by atoms with Crippen LogP contribution in [0.4, 0.5) is 10.1 Å². The molecule has 1 N–H and O–H groups in total. The number of nitrogens with one attached hydrogen (secondary N) is 1. The monoisotopic (exact) mass is 299 g/mol. The maximum atomic E-state index is 12.9. The Hall–Kier alpha value is -0.870. The smallest absolute Gasteiger partial charge is 0.123 e. The van der Waals surface area contributed by atoms with Gasteiger partial charge in [-0.2, -0.15) is 0 Å². The second-order valence-electron chi connectivity index (χ2n) is 3.50. The summed E-state index contributed by atoms with van der Waals surface area (Å²) in [6.45, 7) is 2.65. The molecule has 0 aliphatic heterocycles. The number of rotatable bonds is 3. The molecule has 4 heteroatoms. The zero-order valence-corrected chi connectivity index (χ0v) is 11.2. The minimum absolute atomic E-state index is 0.194. The number of hydrogen-bond acceptors (Lipinski definition) is 2. The van der Waals surface area contributed by atoms with E-state index in [1.807, 2.05) is 18.4 Å². The molecule has 0 aliphatic carbocycles. The lowest BCUT2D eigenvalue weighted by Crippen LogP contribution is -2.00. The molecule has 0 saturated carbocycles. The minimum Gasteiger partial charge on any atom is -0.380 e. The van der Waals surface area contributed by atoms with Crippen LogP contribution in [-0.2, 0) is 6.54 Å². The van der Waals surface area contributed by atoms with Crippen LogP contribution in [0.1, 0.15) is 10.4 Å². The van der Waals surface area contributed by atoms with Gasteiger partial charge in [0, 0.05) is 15.0 Å². The summed E-state index contributed by atoms with van der Waals surface area (Å²) in [5.74, 6) is -0.194. The van der Waals surface area contributed by atoms with Crippen LogP contribution in [0.25, 0.3) is 0 Å². The third-order valence-corrected chi connectivity index (χ3v) is 4.25. The molecule has 16 heavy (non-hydrogen) atoms. The third-order valence-electron chi connectivity index (χ3n) is 2.32. The van der Waals surface area contributed by atoms with Gasteiger partial charge in [-0.1, -0.05) is 0 Å². The van der Waals surface area contributed by atoms with Crippen LogP contribution in [0, 0.1) is 12.7 Å². The summed E-state index contributed by atoms with van der Waals surface area (Å²) in [6, 6.07) is 6.80. The molecule has 0 unspecified atom stereocenters. The highest BCUT2D eigenvalue weighted by Gasteiger charge is 2.03. The SMILES string of the molecule is Cc1cc(F)ccc1NCc1sccc1Br. The van der Waals surface area contributed by atoms with Crippen LogP contribution < -0.4 is 5.32 Å². The molecule has 0 aliphatic rings. The molecule has 1 aromatic heterocycles. The molecule has 1 heterocycles. The van der Waals surface area contributed by atoms with Crippen molar-refractivity contribution in [1.29, 1.82) is 0 Å². The van der Waals surface area contributed by atoms with Crippen molar-refractivity contribution in [3.05, 3.63) is 50.4 Å². The van der Waals surface area contributed by atoms with E-state index < -0.39 is 0 Å². The summed E-state index contributed by atoms with van der Waals surface area (Å²) in [4.78, 5) is 1.24. The van der Waals surface area contributed by atoms with E-state index in [4.69, 9.17) is 0 Å². The van der Waals surface area contributed by atoms with Gasteiger partial charge in [0.05, 0.1) is 6.54 Å². The lowest BCUT2D eigenvalue weighted by Gasteiger charge is -2.08. The van der Waals surface area contributed by atoms with Gasteiger partial charge in [-0.25, -0.2) is 4.39 Å². The van der Waals surface area contributed by atoms with E-state index in [9.17, 15) is 4.39 Å². The highest BCUT2D eigenvalue weighted by atomic mass is 79.9. The van der Waals surface area contributed by atoms with E-state index in [2.05, 4.69) is 21.2 Å². The third kappa shape index (κ3) is 2.62. The van der Waals surface area contributed by atoms with E-state index in [1.54, 1.807) is 17.4 Å². The number of anilines is 1. The lowest BCUT2D eigenvalue weighted by atomic mass is 10.2. The zero-order chi connectivity index (χ0) is 11.5. The van der Waals surface area contributed by atoms with Gasteiger partial charge in [0.15, 0.2) is 0 Å². The van der Waals surface area contributed by atoms with Gasteiger partial charge in [-0.3, -0.25) is 0 Å². The highest BCUT2D eigenvalue weighted by Crippen LogP contribution is 2.24. The first-order valence-electron chi connectivity index (χ1n) is 4.88. The molecule has 0 bridgehead atoms. The fourth-order valence-electron chi connectivity index (χ4n) is 1.45. The summed E-state index contributed by atoms with van der Waals surface area (Å²) >= 11 is 5.17. The van der Waals surface area contributed by atoms with Crippen LogP contribution in [0.5, 0.6) is 0 Å². The van der Waals surface area contributed by atoms with Crippen molar-refractivity contribution in [2.75, 3.05) is 5.32 Å². The van der Waals surface area contributed by atoms with Crippen molar-refractivity contribution in [2.24, 2.45) is 0 Å². The molecule has 1 nitrogen and oxygen atoms in total. The van der Waals surface area contributed by atoms with E-state index in [0.29, 0.717) is 0 Å². The van der Waals surface area contributed by atoms with Gasteiger partial charge in [-0.05, 0) is 58.1 Å². The van der Waals surface area contributed by atoms with Gasteiger partial charge >= 0.3 is 0 Å². The van der Waals surface area contributed by atoms with Gasteiger partial charge in [-0.15, -0.1) is 11.3 Å². The molecular formula is C12H11BrFNS. The number of halogens is 2. The van der Waals surface area contributed by atoms with Gasteiger partial charge in [0.1, 0.15) is 5.82 Å². The summed E-state index contributed by atoms with van der Waals surface area (Å²) in [5, 5.41) is 5.34. The maximum absolute atomic E-state index is 12.9. The number of thiophene rings is 1. The van der Waals surface area contributed by atoms with Crippen molar-refractivity contribution in [1.82, 2.24) is 0 Å². The Kier molecular flexibility index (Phi) is 3.61. The first kappa shape index (κ1) is 11.6. The Bertz CT molecular complexity index is 496. The fourth-order valence-corrected chi connectivity index (χ4v) is 2.88. The summed E-state index contributed by atoms with van der Waals surface area (Å²) in [6.07, 6.45) is 0. The van der Waals surface area contributed by atoms with Crippen LogP contribution in [-0.4, -0.2) is 0 Å². The minimum atomic E-state index is -0.194. The van der Waals surface area contributed by atoms with Crippen molar-refractivity contribution in [2.45, 2.75) is 13.5 Å². The predicted molar refractivity (Wildman–Crippen MR) is 70.5 cm³/mol. The molecule has 0 amide bonds. The summed E-state index contributed by atoms with van der Waals surface area (Å²) in [5.41, 5.74) is 1.90. The van der Waals surface area contributed by atoms with Crippen molar-refractivity contribution in [3.8, 4) is 0 Å². The van der Waals surface area contributed by atoms with Crippen LogP contribution in [0.15, 0.2) is 34.1 Å². The van der Waals surface area contributed by atoms with E-state index in [0.717, 1.165) is 22.3 Å². The van der Waals surface area contributed by atoms with Gasteiger partial charge in [0.25, 0.3) is 0 Å². The second-order valence-corrected chi connectivity index (χ2v) is 5.36. The van der Waals surface area contributed by atoms with Gasteiger partial charge in [0.2, 0.25) is 0 Å². The van der Waals surface area contributed by atoms with Crippen molar-refractivity contribution >= 4 is 33.0 Å². The molecule has 0 radical (unpaired) electrons. The molecule has 2 rings (SSSR count). The van der Waals surface area contributed by atoms with Crippen molar-refractivity contribution in [3.63, 3.8) is 0 Å². The average Bonchev–Trinajstić information content (AvgIpc) is 2.63. The molecule has 0 fully saturated rings. The first-order valence-corrected chi connectivity index (χ1v) is 6.56. The van der Waals surface area contributed by atoms with E-state index in [1.165, 1.54) is 17.0 Å². The Morgan fingerprint density at radius 3 is 2.81 bits per heavy atom.